The number of piperazine rings is 1. The molecule has 0 saturated carbocycles. The lowest BCUT2D eigenvalue weighted by molar-refractivity contribution is 0.0139. The van der Waals surface area contributed by atoms with E-state index in [1.807, 2.05) is 51.1 Å². The average molecular weight is 369 g/mol. The Balaban J connectivity index is 1.47. The number of aromatic nitrogens is 1. The van der Waals surface area contributed by atoms with Crippen LogP contribution < -0.4 is 4.74 Å². The molecule has 1 amide bonds. The third kappa shape index (κ3) is 5.96. The highest BCUT2D eigenvalue weighted by molar-refractivity contribution is 5.68. The van der Waals surface area contributed by atoms with Crippen LogP contribution in [-0.4, -0.2) is 52.7 Å². The SMILES string of the molecule is CC(C)(C)OC(=O)N1CCN(Cc2ccc(Oc3ccccn3)cc2)CC1. The van der Waals surface area contributed by atoms with Crippen molar-refractivity contribution in [1.82, 2.24) is 14.8 Å². The number of rotatable bonds is 4. The van der Waals surface area contributed by atoms with Crippen LogP contribution in [0.1, 0.15) is 26.3 Å². The summed E-state index contributed by atoms with van der Waals surface area (Å²) in [5, 5.41) is 0. The van der Waals surface area contributed by atoms with Gasteiger partial charge in [-0.3, -0.25) is 4.90 Å². The van der Waals surface area contributed by atoms with E-state index in [9.17, 15) is 4.79 Å². The molecular formula is C21H27N3O3. The molecule has 0 aliphatic carbocycles. The number of hydrogen-bond donors (Lipinski definition) is 0. The fourth-order valence-corrected chi connectivity index (χ4v) is 2.86. The second-order valence-electron chi connectivity index (χ2n) is 7.66. The van der Waals surface area contributed by atoms with Gasteiger partial charge in [0, 0.05) is 45.0 Å². The molecule has 0 bridgehead atoms. The van der Waals surface area contributed by atoms with Crippen molar-refractivity contribution in [2.75, 3.05) is 26.2 Å². The van der Waals surface area contributed by atoms with Gasteiger partial charge in [-0.15, -0.1) is 0 Å². The smallest absolute Gasteiger partial charge is 0.410 e. The summed E-state index contributed by atoms with van der Waals surface area (Å²) in [4.78, 5) is 20.4. The maximum Gasteiger partial charge on any atom is 0.410 e. The van der Waals surface area contributed by atoms with E-state index >= 15 is 0 Å². The number of hydrogen-bond acceptors (Lipinski definition) is 5. The van der Waals surface area contributed by atoms with Crippen molar-refractivity contribution in [2.24, 2.45) is 0 Å². The van der Waals surface area contributed by atoms with Crippen LogP contribution in [0.25, 0.3) is 0 Å². The summed E-state index contributed by atoms with van der Waals surface area (Å²) in [5.41, 5.74) is 0.766. The summed E-state index contributed by atoms with van der Waals surface area (Å²) in [6, 6.07) is 13.6. The highest BCUT2D eigenvalue weighted by Gasteiger charge is 2.25. The van der Waals surface area contributed by atoms with Crippen molar-refractivity contribution in [3.05, 3.63) is 54.2 Å². The minimum atomic E-state index is -0.451. The fourth-order valence-electron chi connectivity index (χ4n) is 2.86. The summed E-state index contributed by atoms with van der Waals surface area (Å²) >= 11 is 0. The number of amides is 1. The molecule has 1 aliphatic heterocycles. The first-order valence-corrected chi connectivity index (χ1v) is 9.27. The monoisotopic (exact) mass is 369 g/mol. The van der Waals surface area contributed by atoms with Gasteiger partial charge in [0.1, 0.15) is 11.4 Å². The van der Waals surface area contributed by atoms with Crippen LogP contribution in [0.15, 0.2) is 48.7 Å². The predicted molar refractivity (Wildman–Crippen MR) is 104 cm³/mol. The molecule has 27 heavy (non-hydrogen) atoms. The van der Waals surface area contributed by atoms with Crippen molar-refractivity contribution < 1.29 is 14.3 Å². The number of nitrogens with zero attached hydrogens (tertiary/aromatic N) is 3. The topological polar surface area (TPSA) is 54.9 Å². The Bertz CT molecular complexity index is 734. The number of carbonyl (C=O) groups excluding carboxylic acids is 1. The van der Waals surface area contributed by atoms with E-state index in [1.165, 1.54) is 5.56 Å². The molecule has 2 heterocycles. The van der Waals surface area contributed by atoms with Crippen LogP contribution in [0.2, 0.25) is 0 Å². The fraction of sp³-hybridized carbons (Fsp3) is 0.429. The predicted octanol–water partition coefficient (Wildman–Crippen LogP) is 3.93. The largest absolute Gasteiger partial charge is 0.444 e. The van der Waals surface area contributed by atoms with Crippen LogP contribution in [-0.2, 0) is 11.3 Å². The van der Waals surface area contributed by atoms with Crippen LogP contribution >= 0.6 is 0 Å². The van der Waals surface area contributed by atoms with Gasteiger partial charge in [0.25, 0.3) is 0 Å². The molecule has 1 aliphatic rings. The van der Waals surface area contributed by atoms with Crippen LogP contribution in [0.5, 0.6) is 11.6 Å². The molecule has 0 N–H and O–H groups in total. The van der Waals surface area contributed by atoms with E-state index in [0.717, 1.165) is 25.4 Å². The first-order chi connectivity index (χ1) is 12.9. The van der Waals surface area contributed by atoms with Crippen LogP contribution in [0.3, 0.4) is 0 Å². The Morgan fingerprint density at radius 3 is 2.33 bits per heavy atom. The van der Waals surface area contributed by atoms with Gasteiger partial charge >= 0.3 is 6.09 Å². The van der Waals surface area contributed by atoms with Gasteiger partial charge < -0.3 is 14.4 Å². The number of ether oxygens (including phenoxy) is 2. The Kier molecular flexibility index (Phi) is 5.96. The van der Waals surface area contributed by atoms with E-state index in [-0.39, 0.29) is 6.09 Å². The van der Waals surface area contributed by atoms with E-state index in [4.69, 9.17) is 9.47 Å². The Morgan fingerprint density at radius 2 is 1.74 bits per heavy atom. The summed E-state index contributed by atoms with van der Waals surface area (Å²) in [6.07, 6.45) is 1.49. The normalized spacial score (nSPS) is 15.4. The van der Waals surface area contributed by atoms with Crippen molar-refractivity contribution >= 4 is 6.09 Å². The second-order valence-corrected chi connectivity index (χ2v) is 7.66. The molecule has 144 valence electrons. The van der Waals surface area contributed by atoms with Crippen LogP contribution in [0, 0.1) is 0 Å². The van der Waals surface area contributed by atoms with Gasteiger partial charge in [-0.1, -0.05) is 18.2 Å². The molecule has 0 atom stereocenters. The Hall–Kier alpha value is -2.60. The van der Waals surface area contributed by atoms with Crippen molar-refractivity contribution in [1.29, 1.82) is 0 Å². The molecule has 2 aromatic rings. The third-order valence-corrected chi connectivity index (χ3v) is 4.21. The highest BCUT2D eigenvalue weighted by Crippen LogP contribution is 2.20. The van der Waals surface area contributed by atoms with Gasteiger partial charge in [-0.25, -0.2) is 9.78 Å². The third-order valence-electron chi connectivity index (χ3n) is 4.21. The zero-order chi connectivity index (χ0) is 19.3. The molecule has 1 aromatic heterocycles. The van der Waals surface area contributed by atoms with E-state index in [2.05, 4.69) is 22.0 Å². The molecule has 3 rings (SSSR count). The summed E-state index contributed by atoms with van der Waals surface area (Å²) in [6.45, 7) is 9.58. The molecule has 1 fully saturated rings. The van der Waals surface area contributed by atoms with Gasteiger partial charge in [0.15, 0.2) is 0 Å². The van der Waals surface area contributed by atoms with Crippen LogP contribution in [0.4, 0.5) is 4.79 Å². The lowest BCUT2D eigenvalue weighted by Crippen LogP contribution is -2.49. The van der Waals surface area contributed by atoms with E-state index in [0.29, 0.717) is 19.0 Å². The Labute approximate surface area is 160 Å². The van der Waals surface area contributed by atoms with Gasteiger partial charge in [-0.05, 0) is 44.5 Å². The molecule has 0 spiro atoms. The van der Waals surface area contributed by atoms with E-state index in [1.54, 1.807) is 11.1 Å². The molecule has 0 unspecified atom stereocenters. The lowest BCUT2D eigenvalue weighted by Gasteiger charge is -2.35. The Morgan fingerprint density at radius 1 is 1.04 bits per heavy atom. The molecular weight excluding hydrogens is 342 g/mol. The number of pyridine rings is 1. The minimum absolute atomic E-state index is 0.224. The van der Waals surface area contributed by atoms with Crippen molar-refractivity contribution in [3.8, 4) is 11.6 Å². The molecule has 6 heteroatoms. The summed E-state index contributed by atoms with van der Waals surface area (Å²) in [7, 11) is 0. The number of carbonyl (C=O) groups is 1. The first kappa shape index (κ1) is 19.2. The average Bonchev–Trinajstić information content (AvgIpc) is 2.63. The maximum absolute atomic E-state index is 12.1. The molecule has 6 nitrogen and oxygen atoms in total. The standard InChI is InChI=1S/C21H27N3O3/c1-21(2,3)27-20(25)24-14-12-23(13-15-24)16-17-7-9-18(10-8-17)26-19-6-4-5-11-22-19/h4-11H,12-16H2,1-3H3. The zero-order valence-corrected chi connectivity index (χ0v) is 16.2. The zero-order valence-electron chi connectivity index (χ0n) is 16.2. The molecule has 0 radical (unpaired) electrons. The van der Waals surface area contributed by atoms with Crippen molar-refractivity contribution in [3.63, 3.8) is 0 Å². The van der Waals surface area contributed by atoms with Gasteiger partial charge in [0.05, 0.1) is 0 Å². The quantitative estimate of drug-likeness (QED) is 0.817. The first-order valence-electron chi connectivity index (χ1n) is 9.27. The number of benzene rings is 1. The van der Waals surface area contributed by atoms with Gasteiger partial charge in [-0.2, -0.15) is 0 Å². The minimum Gasteiger partial charge on any atom is -0.444 e. The summed E-state index contributed by atoms with van der Waals surface area (Å²) in [5.74, 6) is 1.36. The van der Waals surface area contributed by atoms with Gasteiger partial charge in [0.2, 0.25) is 5.88 Å². The summed E-state index contributed by atoms with van der Waals surface area (Å²) < 4.78 is 11.2. The van der Waals surface area contributed by atoms with E-state index < -0.39 is 5.60 Å². The maximum atomic E-state index is 12.1. The lowest BCUT2D eigenvalue weighted by atomic mass is 10.2. The second kappa shape index (κ2) is 8.39. The highest BCUT2D eigenvalue weighted by atomic mass is 16.6. The molecule has 1 aromatic carbocycles. The molecule has 1 saturated heterocycles. The van der Waals surface area contributed by atoms with Crippen molar-refractivity contribution in [2.45, 2.75) is 32.9 Å².